The number of halogens is 1. The second-order valence-electron chi connectivity index (χ2n) is 5.10. The quantitative estimate of drug-likeness (QED) is 0.894. The zero-order valence-corrected chi connectivity index (χ0v) is 12.6. The van der Waals surface area contributed by atoms with E-state index >= 15 is 0 Å². The summed E-state index contributed by atoms with van der Waals surface area (Å²) < 4.78 is 0.880. The zero-order valence-electron chi connectivity index (χ0n) is 11.0. The second-order valence-corrected chi connectivity index (χ2v) is 5.95. The van der Waals surface area contributed by atoms with E-state index in [2.05, 4.69) is 26.1 Å². The van der Waals surface area contributed by atoms with E-state index in [1.807, 2.05) is 31.2 Å². The highest BCUT2D eigenvalue weighted by atomic mass is 79.9. The predicted molar refractivity (Wildman–Crippen MR) is 79.0 cm³/mol. The molecule has 1 aliphatic heterocycles. The minimum absolute atomic E-state index is 0.0181. The highest BCUT2D eigenvalue weighted by Gasteiger charge is 2.25. The van der Waals surface area contributed by atoms with Gasteiger partial charge in [-0.1, -0.05) is 19.1 Å². The molecular formula is C14H19BrN2O2. The summed E-state index contributed by atoms with van der Waals surface area (Å²) in [6.07, 6.45) is 0.506. The van der Waals surface area contributed by atoms with Crippen molar-refractivity contribution in [1.29, 1.82) is 0 Å². The number of rotatable bonds is 3. The molecule has 1 saturated heterocycles. The Kier molecular flexibility index (Phi) is 4.96. The SMILES string of the molecule is CC1CN(CC(=O)Nc2ccccc2Br)CCC1O. The number of benzene rings is 1. The molecule has 1 aromatic rings. The fourth-order valence-corrected chi connectivity index (χ4v) is 2.70. The monoisotopic (exact) mass is 326 g/mol. The molecule has 19 heavy (non-hydrogen) atoms. The standard InChI is InChI=1S/C14H19BrN2O2/c1-10-8-17(7-6-13(10)18)9-14(19)16-12-5-3-2-4-11(12)15/h2-5,10,13,18H,6-9H2,1H3,(H,16,19). The Balaban J connectivity index is 1.87. The van der Waals surface area contributed by atoms with E-state index < -0.39 is 0 Å². The van der Waals surface area contributed by atoms with Gasteiger partial charge in [-0.25, -0.2) is 0 Å². The Morgan fingerprint density at radius 3 is 2.95 bits per heavy atom. The van der Waals surface area contributed by atoms with Crippen LogP contribution in [0.25, 0.3) is 0 Å². The van der Waals surface area contributed by atoms with E-state index in [1.54, 1.807) is 0 Å². The van der Waals surface area contributed by atoms with Crippen LogP contribution in [0.15, 0.2) is 28.7 Å². The van der Waals surface area contributed by atoms with Gasteiger partial charge in [-0.15, -0.1) is 0 Å². The maximum Gasteiger partial charge on any atom is 0.238 e. The van der Waals surface area contributed by atoms with Crippen LogP contribution in [0.2, 0.25) is 0 Å². The molecule has 4 nitrogen and oxygen atoms in total. The minimum atomic E-state index is -0.234. The Morgan fingerprint density at radius 1 is 1.53 bits per heavy atom. The van der Waals surface area contributed by atoms with Crippen LogP contribution in [0.4, 0.5) is 5.69 Å². The number of aliphatic hydroxyl groups is 1. The third-order valence-electron chi connectivity index (χ3n) is 3.46. The first-order valence-corrected chi connectivity index (χ1v) is 7.30. The van der Waals surface area contributed by atoms with Gasteiger partial charge < -0.3 is 10.4 Å². The average Bonchev–Trinajstić information content (AvgIpc) is 2.37. The van der Waals surface area contributed by atoms with E-state index in [0.717, 1.165) is 29.7 Å². The van der Waals surface area contributed by atoms with Crippen molar-refractivity contribution in [2.75, 3.05) is 25.0 Å². The molecule has 2 N–H and O–H groups in total. The van der Waals surface area contributed by atoms with Gasteiger partial charge in [-0.05, 0) is 40.4 Å². The van der Waals surface area contributed by atoms with Crippen LogP contribution in [0.5, 0.6) is 0 Å². The fourth-order valence-electron chi connectivity index (χ4n) is 2.32. The molecule has 0 saturated carbocycles. The van der Waals surface area contributed by atoms with E-state index in [9.17, 15) is 9.90 Å². The lowest BCUT2D eigenvalue weighted by atomic mass is 9.97. The molecule has 0 bridgehead atoms. The van der Waals surface area contributed by atoms with Gasteiger partial charge in [0.15, 0.2) is 0 Å². The summed E-state index contributed by atoms with van der Waals surface area (Å²) in [7, 11) is 0. The molecule has 0 aromatic heterocycles. The molecule has 2 rings (SSSR count). The lowest BCUT2D eigenvalue weighted by Gasteiger charge is -2.33. The topological polar surface area (TPSA) is 52.6 Å². The molecule has 1 amide bonds. The number of amides is 1. The lowest BCUT2D eigenvalue weighted by molar-refractivity contribution is -0.118. The van der Waals surface area contributed by atoms with Crippen molar-refractivity contribution in [1.82, 2.24) is 4.90 Å². The number of nitrogens with zero attached hydrogens (tertiary/aromatic N) is 1. The number of likely N-dealkylation sites (tertiary alicyclic amines) is 1. The molecular weight excluding hydrogens is 308 g/mol. The Hall–Kier alpha value is -0.910. The van der Waals surface area contributed by atoms with Crippen LogP contribution in [-0.4, -0.2) is 41.7 Å². The van der Waals surface area contributed by atoms with E-state index in [0.29, 0.717) is 6.54 Å². The van der Waals surface area contributed by atoms with E-state index in [4.69, 9.17) is 0 Å². The van der Waals surface area contributed by atoms with Crippen molar-refractivity contribution in [3.05, 3.63) is 28.7 Å². The summed E-state index contributed by atoms with van der Waals surface area (Å²) in [6, 6.07) is 7.56. The molecule has 0 aliphatic carbocycles. The first kappa shape index (κ1) is 14.5. The first-order chi connectivity index (χ1) is 9.06. The highest BCUT2D eigenvalue weighted by Crippen LogP contribution is 2.21. The number of anilines is 1. The molecule has 0 radical (unpaired) electrons. The summed E-state index contributed by atoms with van der Waals surface area (Å²) >= 11 is 3.41. The van der Waals surface area contributed by atoms with Crippen molar-refractivity contribution in [3.8, 4) is 0 Å². The minimum Gasteiger partial charge on any atom is -0.393 e. The molecule has 2 atom stereocenters. The zero-order chi connectivity index (χ0) is 13.8. The lowest BCUT2D eigenvalue weighted by Crippen LogP contribution is -2.45. The van der Waals surface area contributed by atoms with Gasteiger partial charge >= 0.3 is 0 Å². The van der Waals surface area contributed by atoms with E-state index in [-0.39, 0.29) is 17.9 Å². The maximum atomic E-state index is 12.0. The van der Waals surface area contributed by atoms with Crippen molar-refractivity contribution in [2.45, 2.75) is 19.4 Å². The molecule has 104 valence electrons. The number of carbonyl (C=O) groups excluding carboxylic acids is 1. The number of aliphatic hydroxyl groups excluding tert-OH is 1. The molecule has 0 spiro atoms. The summed E-state index contributed by atoms with van der Waals surface area (Å²) in [5.74, 6) is 0.209. The Bertz CT molecular complexity index is 453. The van der Waals surface area contributed by atoms with Gasteiger partial charge in [0.25, 0.3) is 0 Å². The fraction of sp³-hybridized carbons (Fsp3) is 0.500. The van der Waals surface area contributed by atoms with Crippen LogP contribution in [0.1, 0.15) is 13.3 Å². The van der Waals surface area contributed by atoms with Crippen molar-refractivity contribution < 1.29 is 9.90 Å². The number of nitrogens with one attached hydrogen (secondary N) is 1. The van der Waals surface area contributed by atoms with Crippen molar-refractivity contribution >= 4 is 27.5 Å². The largest absolute Gasteiger partial charge is 0.393 e. The van der Waals surface area contributed by atoms with Gasteiger partial charge in [0, 0.05) is 17.6 Å². The number of piperidine rings is 1. The van der Waals surface area contributed by atoms with Gasteiger partial charge in [0.2, 0.25) is 5.91 Å². The molecule has 1 aliphatic rings. The van der Waals surface area contributed by atoms with Crippen molar-refractivity contribution in [3.63, 3.8) is 0 Å². The average molecular weight is 327 g/mol. The van der Waals surface area contributed by atoms with Crippen LogP contribution >= 0.6 is 15.9 Å². The summed E-state index contributed by atoms with van der Waals surface area (Å²) in [6.45, 7) is 3.93. The van der Waals surface area contributed by atoms with Crippen LogP contribution in [-0.2, 0) is 4.79 Å². The maximum absolute atomic E-state index is 12.0. The molecule has 1 heterocycles. The third kappa shape index (κ3) is 4.03. The third-order valence-corrected chi connectivity index (χ3v) is 4.15. The van der Waals surface area contributed by atoms with Gasteiger partial charge in [-0.3, -0.25) is 9.69 Å². The number of carbonyl (C=O) groups is 1. The van der Waals surface area contributed by atoms with Crippen LogP contribution < -0.4 is 5.32 Å². The van der Waals surface area contributed by atoms with Gasteiger partial charge in [0.1, 0.15) is 0 Å². The number of hydrogen-bond acceptors (Lipinski definition) is 3. The molecule has 1 fully saturated rings. The van der Waals surface area contributed by atoms with Crippen molar-refractivity contribution in [2.24, 2.45) is 5.92 Å². The summed E-state index contributed by atoms with van der Waals surface area (Å²) in [4.78, 5) is 14.1. The first-order valence-electron chi connectivity index (χ1n) is 6.51. The number of para-hydroxylation sites is 1. The summed E-state index contributed by atoms with van der Waals surface area (Å²) in [5.41, 5.74) is 0.789. The summed E-state index contributed by atoms with van der Waals surface area (Å²) in [5, 5.41) is 12.6. The smallest absolute Gasteiger partial charge is 0.238 e. The van der Waals surface area contributed by atoms with Crippen LogP contribution in [0, 0.1) is 5.92 Å². The number of hydrogen-bond donors (Lipinski definition) is 2. The second kappa shape index (κ2) is 6.50. The Labute approximate surface area is 121 Å². The normalized spacial score (nSPS) is 24.2. The van der Waals surface area contributed by atoms with Gasteiger partial charge in [-0.2, -0.15) is 0 Å². The highest BCUT2D eigenvalue weighted by molar-refractivity contribution is 9.10. The molecule has 1 aromatic carbocycles. The predicted octanol–water partition coefficient (Wildman–Crippen LogP) is 2.09. The Morgan fingerprint density at radius 2 is 2.26 bits per heavy atom. The molecule has 2 unspecified atom stereocenters. The van der Waals surface area contributed by atoms with E-state index in [1.165, 1.54) is 0 Å². The molecule has 5 heteroatoms. The van der Waals surface area contributed by atoms with Crippen LogP contribution in [0.3, 0.4) is 0 Å². The van der Waals surface area contributed by atoms with Gasteiger partial charge in [0.05, 0.1) is 18.3 Å².